The molecule has 1 aromatic heterocycles. The number of nitrogens with one attached hydrogen (secondary N) is 2. The lowest BCUT2D eigenvalue weighted by atomic mass is 10.0. The van der Waals surface area contributed by atoms with Gasteiger partial charge in [-0.3, -0.25) is 0 Å². The summed E-state index contributed by atoms with van der Waals surface area (Å²) in [5, 5.41) is 4.03. The Morgan fingerprint density at radius 2 is 2.24 bits per heavy atom. The van der Waals surface area contributed by atoms with Crippen molar-refractivity contribution in [2.24, 2.45) is 0 Å². The van der Waals surface area contributed by atoms with Gasteiger partial charge in [0.15, 0.2) is 0 Å². The Labute approximate surface area is 121 Å². The molecule has 0 spiro atoms. The maximum absolute atomic E-state index is 11.1. The molecule has 1 amide bonds. The van der Waals surface area contributed by atoms with Crippen LogP contribution in [-0.4, -0.2) is 30.3 Å². The van der Waals surface area contributed by atoms with Crippen LogP contribution in [0.25, 0.3) is 16.7 Å². The number of cyclic esters (lactones) is 1. The molecule has 0 aliphatic carbocycles. The van der Waals surface area contributed by atoms with Crippen LogP contribution in [0.5, 0.6) is 0 Å². The molecule has 1 saturated heterocycles. The molecule has 1 aromatic carbocycles. The molecule has 1 atom stereocenters. The van der Waals surface area contributed by atoms with E-state index < -0.39 is 0 Å². The van der Waals surface area contributed by atoms with Crippen LogP contribution in [0.4, 0.5) is 4.79 Å². The van der Waals surface area contributed by atoms with Gasteiger partial charge < -0.3 is 19.8 Å². The van der Waals surface area contributed by atoms with Crippen molar-refractivity contribution < 1.29 is 14.3 Å². The molecule has 5 nitrogen and oxygen atoms in total. The molecule has 21 heavy (non-hydrogen) atoms. The quantitative estimate of drug-likeness (QED) is 0.890. The number of aromatic amines is 1. The number of fused-ring (bicyclic) bond motifs is 3. The molecule has 4 rings (SSSR count). The molecule has 2 aliphatic heterocycles. The Kier molecular flexibility index (Phi) is 2.67. The van der Waals surface area contributed by atoms with Gasteiger partial charge in [0.1, 0.15) is 12.4 Å². The van der Waals surface area contributed by atoms with Crippen molar-refractivity contribution in [1.29, 1.82) is 0 Å². The van der Waals surface area contributed by atoms with Gasteiger partial charge >= 0.3 is 6.09 Å². The molecular formula is C16H16N2O3. The summed E-state index contributed by atoms with van der Waals surface area (Å²) in [7, 11) is 0. The summed E-state index contributed by atoms with van der Waals surface area (Å²) in [6, 6.07) is 6.41. The number of benzene rings is 1. The lowest BCUT2D eigenvalue weighted by Gasteiger charge is -2.15. The minimum atomic E-state index is -0.325. The van der Waals surface area contributed by atoms with E-state index in [4.69, 9.17) is 9.47 Å². The number of carbonyl (C=O) groups is 1. The maximum Gasteiger partial charge on any atom is 0.407 e. The van der Waals surface area contributed by atoms with Crippen LogP contribution in [0.2, 0.25) is 0 Å². The molecular weight excluding hydrogens is 268 g/mol. The molecule has 3 heterocycles. The van der Waals surface area contributed by atoms with Crippen LogP contribution in [0, 0.1) is 0 Å². The Bertz CT molecular complexity index is 747. The van der Waals surface area contributed by atoms with E-state index in [0.29, 0.717) is 19.0 Å². The van der Waals surface area contributed by atoms with Crippen molar-refractivity contribution >= 4 is 22.8 Å². The summed E-state index contributed by atoms with van der Waals surface area (Å²) in [5.74, 6) is 0.713. The number of amides is 1. The lowest BCUT2D eigenvalue weighted by molar-refractivity contribution is 0.177. The van der Waals surface area contributed by atoms with E-state index in [0.717, 1.165) is 24.1 Å². The number of rotatable bonds is 2. The Morgan fingerprint density at radius 3 is 3.05 bits per heavy atom. The van der Waals surface area contributed by atoms with Gasteiger partial charge in [0.2, 0.25) is 0 Å². The number of carbonyl (C=O) groups excluding carboxylic acids is 1. The third-order valence-corrected chi connectivity index (χ3v) is 4.10. The predicted molar refractivity (Wildman–Crippen MR) is 79.0 cm³/mol. The average Bonchev–Trinajstić information content (AvgIpc) is 3.04. The van der Waals surface area contributed by atoms with Crippen LogP contribution >= 0.6 is 0 Å². The summed E-state index contributed by atoms with van der Waals surface area (Å²) in [5.41, 5.74) is 4.57. The molecule has 108 valence electrons. The first-order chi connectivity index (χ1) is 10.2. The normalized spacial score (nSPS) is 20.9. The summed E-state index contributed by atoms with van der Waals surface area (Å²) < 4.78 is 10.4. The van der Waals surface area contributed by atoms with Crippen molar-refractivity contribution in [1.82, 2.24) is 10.3 Å². The fourth-order valence-electron chi connectivity index (χ4n) is 3.09. The van der Waals surface area contributed by atoms with E-state index in [1.807, 2.05) is 0 Å². The standard InChI is InChI=1S/C16H16N2O3/c1-9-15-12(4-5-20-9)13-7-10(2-3-14(13)18-15)6-11-8-21-16(19)17-11/h2-3,7,11,18H,1,4-6,8H2,(H,17,19)/t11-/m0/s1. The highest BCUT2D eigenvalue weighted by molar-refractivity contribution is 5.89. The van der Waals surface area contributed by atoms with E-state index in [2.05, 4.69) is 35.1 Å². The van der Waals surface area contributed by atoms with Gasteiger partial charge in [-0.1, -0.05) is 12.6 Å². The molecule has 0 bridgehead atoms. The molecule has 5 heteroatoms. The first-order valence-corrected chi connectivity index (χ1v) is 7.09. The van der Waals surface area contributed by atoms with Crippen molar-refractivity contribution in [2.45, 2.75) is 18.9 Å². The van der Waals surface area contributed by atoms with Crippen LogP contribution in [-0.2, 0) is 22.3 Å². The smallest absolute Gasteiger partial charge is 0.407 e. The number of alkyl carbamates (subject to hydrolysis) is 1. The fraction of sp³-hybridized carbons (Fsp3) is 0.312. The minimum Gasteiger partial charge on any atom is -0.492 e. The highest BCUT2D eigenvalue weighted by atomic mass is 16.6. The minimum absolute atomic E-state index is 0.0583. The maximum atomic E-state index is 11.1. The lowest BCUT2D eigenvalue weighted by Crippen LogP contribution is -2.28. The monoisotopic (exact) mass is 284 g/mol. The molecule has 0 saturated carbocycles. The summed E-state index contributed by atoms with van der Waals surface area (Å²) >= 11 is 0. The van der Waals surface area contributed by atoms with Crippen LogP contribution in [0.3, 0.4) is 0 Å². The molecule has 2 aromatic rings. The fourth-order valence-corrected chi connectivity index (χ4v) is 3.09. The Hall–Kier alpha value is -2.43. The first-order valence-electron chi connectivity index (χ1n) is 7.09. The topological polar surface area (TPSA) is 63.4 Å². The van der Waals surface area contributed by atoms with Gasteiger partial charge in [0, 0.05) is 17.3 Å². The van der Waals surface area contributed by atoms with Gasteiger partial charge in [-0.25, -0.2) is 4.79 Å². The molecule has 1 fully saturated rings. The zero-order valence-electron chi connectivity index (χ0n) is 11.6. The van der Waals surface area contributed by atoms with Gasteiger partial charge in [-0.2, -0.15) is 0 Å². The Balaban J connectivity index is 1.69. The summed E-state index contributed by atoms with van der Waals surface area (Å²) in [6.45, 7) is 5.06. The zero-order chi connectivity index (χ0) is 14.4. The average molecular weight is 284 g/mol. The van der Waals surface area contributed by atoms with Crippen LogP contribution in [0.15, 0.2) is 24.8 Å². The van der Waals surface area contributed by atoms with Crippen molar-refractivity contribution in [2.75, 3.05) is 13.2 Å². The van der Waals surface area contributed by atoms with Crippen LogP contribution in [0.1, 0.15) is 16.8 Å². The van der Waals surface area contributed by atoms with Crippen molar-refractivity contribution in [3.05, 3.63) is 41.6 Å². The molecule has 2 aliphatic rings. The summed E-state index contributed by atoms with van der Waals surface area (Å²) in [4.78, 5) is 14.5. The number of H-pyrrole nitrogens is 1. The zero-order valence-corrected chi connectivity index (χ0v) is 11.6. The van der Waals surface area contributed by atoms with Crippen molar-refractivity contribution in [3.8, 4) is 0 Å². The Morgan fingerprint density at radius 1 is 1.33 bits per heavy atom. The largest absolute Gasteiger partial charge is 0.492 e. The second-order valence-electron chi connectivity index (χ2n) is 5.52. The van der Waals surface area contributed by atoms with Gasteiger partial charge in [-0.05, 0) is 29.7 Å². The van der Waals surface area contributed by atoms with Gasteiger partial charge in [-0.15, -0.1) is 0 Å². The van der Waals surface area contributed by atoms with Gasteiger partial charge in [0.25, 0.3) is 0 Å². The van der Waals surface area contributed by atoms with E-state index in [1.165, 1.54) is 16.5 Å². The van der Waals surface area contributed by atoms with E-state index in [1.54, 1.807) is 0 Å². The highest BCUT2D eigenvalue weighted by Crippen LogP contribution is 2.32. The molecule has 0 unspecified atom stereocenters. The number of hydrogen-bond donors (Lipinski definition) is 2. The third kappa shape index (κ3) is 2.05. The van der Waals surface area contributed by atoms with E-state index >= 15 is 0 Å². The molecule has 0 radical (unpaired) electrons. The second kappa shape index (κ2) is 4.55. The SMILES string of the molecule is C=C1OCCc2c1[nH]c1ccc(C[C@H]3COC(=O)N3)cc21. The van der Waals surface area contributed by atoms with Gasteiger partial charge in [0.05, 0.1) is 18.3 Å². The van der Waals surface area contributed by atoms with E-state index in [-0.39, 0.29) is 12.1 Å². The van der Waals surface area contributed by atoms with E-state index in [9.17, 15) is 4.79 Å². The van der Waals surface area contributed by atoms with Crippen LogP contribution < -0.4 is 5.32 Å². The third-order valence-electron chi connectivity index (χ3n) is 4.10. The van der Waals surface area contributed by atoms with Crippen molar-refractivity contribution in [3.63, 3.8) is 0 Å². The first kappa shape index (κ1) is 12.3. The number of aromatic nitrogens is 1. The number of ether oxygens (including phenoxy) is 2. The predicted octanol–water partition coefficient (Wildman–Crippen LogP) is 2.36. The summed E-state index contributed by atoms with van der Waals surface area (Å²) in [6.07, 6.45) is 1.34. The second-order valence-corrected chi connectivity index (χ2v) is 5.52. The number of hydrogen-bond acceptors (Lipinski definition) is 3. The highest BCUT2D eigenvalue weighted by Gasteiger charge is 2.23. The molecule has 2 N–H and O–H groups in total.